The summed E-state index contributed by atoms with van der Waals surface area (Å²) in [5.41, 5.74) is 2.87. The second kappa shape index (κ2) is 8.94. The van der Waals surface area contributed by atoms with Crippen molar-refractivity contribution in [2.75, 3.05) is 25.0 Å². The van der Waals surface area contributed by atoms with Gasteiger partial charge in [0.15, 0.2) is 0 Å². The van der Waals surface area contributed by atoms with E-state index in [9.17, 15) is 4.79 Å². The van der Waals surface area contributed by atoms with Crippen molar-refractivity contribution in [2.45, 2.75) is 13.3 Å². The Morgan fingerprint density at radius 2 is 1.74 bits per heavy atom. The summed E-state index contributed by atoms with van der Waals surface area (Å²) < 4.78 is 0. The smallest absolute Gasteiger partial charge is 0.253 e. The lowest BCUT2D eigenvalue weighted by atomic mass is 10.1. The molecule has 0 aliphatic rings. The van der Waals surface area contributed by atoms with E-state index in [1.165, 1.54) is 5.56 Å². The molecule has 0 fully saturated rings. The molecular weight excluding hydrogens is 336 g/mol. The molecule has 2 heterocycles. The number of para-hydroxylation sites is 1. The molecule has 0 spiro atoms. The van der Waals surface area contributed by atoms with Crippen LogP contribution in [0.4, 0.5) is 11.5 Å². The molecule has 0 aliphatic heterocycles. The molecule has 3 aromatic rings. The Morgan fingerprint density at radius 1 is 1.00 bits per heavy atom. The zero-order valence-corrected chi connectivity index (χ0v) is 15.7. The van der Waals surface area contributed by atoms with Crippen LogP contribution in [0, 0.1) is 0 Å². The third-order valence-corrected chi connectivity index (χ3v) is 4.49. The van der Waals surface area contributed by atoms with E-state index < -0.39 is 0 Å². The largest absolute Gasteiger partial charge is 0.341 e. The number of carbonyl (C=O) groups is 1. The van der Waals surface area contributed by atoms with Crippen molar-refractivity contribution in [1.29, 1.82) is 0 Å². The summed E-state index contributed by atoms with van der Waals surface area (Å²) >= 11 is 0. The minimum Gasteiger partial charge on any atom is -0.341 e. The molecule has 0 unspecified atom stereocenters. The van der Waals surface area contributed by atoms with E-state index in [0.717, 1.165) is 24.5 Å². The van der Waals surface area contributed by atoms with Crippen LogP contribution in [-0.2, 0) is 6.42 Å². The van der Waals surface area contributed by atoms with Gasteiger partial charge in [-0.25, -0.2) is 4.98 Å². The van der Waals surface area contributed by atoms with E-state index in [1.54, 1.807) is 29.6 Å². The summed E-state index contributed by atoms with van der Waals surface area (Å²) in [6.07, 6.45) is 6.04. The van der Waals surface area contributed by atoms with Gasteiger partial charge in [0.25, 0.3) is 5.91 Å². The minimum absolute atomic E-state index is 0.00294. The molecule has 0 bridgehead atoms. The average Bonchev–Trinajstić information content (AvgIpc) is 2.74. The van der Waals surface area contributed by atoms with Gasteiger partial charge in [0.1, 0.15) is 5.82 Å². The van der Waals surface area contributed by atoms with Crippen LogP contribution < -0.4 is 4.90 Å². The molecule has 0 saturated heterocycles. The van der Waals surface area contributed by atoms with E-state index in [4.69, 9.17) is 0 Å². The number of hydrogen-bond acceptors (Lipinski definition) is 4. The SMILES string of the molecule is CCN(c1ccccc1)c1cc(C(=O)N(C)CCc2ccncc2)ccn1. The van der Waals surface area contributed by atoms with Crippen LogP contribution in [0.25, 0.3) is 0 Å². The first kappa shape index (κ1) is 18.6. The molecular formula is C22H24N4O. The predicted octanol–water partition coefficient (Wildman–Crippen LogP) is 3.95. The molecule has 2 aromatic heterocycles. The van der Waals surface area contributed by atoms with E-state index >= 15 is 0 Å². The van der Waals surface area contributed by atoms with Crippen molar-refractivity contribution in [3.8, 4) is 0 Å². The molecule has 138 valence electrons. The van der Waals surface area contributed by atoms with Gasteiger partial charge in [-0.15, -0.1) is 0 Å². The molecule has 1 amide bonds. The highest BCUT2D eigenvalue weighted by Gasteiger charge is 2.15. The number of carbonyl (C=O) groups excluding carboxylic acids is 1. The third kappa shape index (κ3) is 4.70. The quantitative estimate of drug-likeness (QED) is 0.640. The van der Waals surface area contributed by atoms with Crippen LogP contribution in [0.3, 0.4) is 0 Å². The molecule has 3 rings (SSSR count). The van der Waals surface area contributed by atoms with Gasteiger partial charge >= 0.3 is 0 Å². The van der Waals surface area contributed by atoms with Gasteiger partial charge in [0.05, 0.1) is 0 Å². The zero-order chi connectivity index (χ0) is 19.1. The Kier molecular flexibility index (Phi) is 6.15. The normalized spacial score (nSPS) is 10.4. The van der Waals surface area contributed by atoms with Gasteiger partial charge in [-0.1, -0.05) is 18.2 Å². The minimum atomic E-state index is -0.00294. The van der Waals surface area contributed by atoms with E-state index in [2.05, 4.69) is 21.8 Å². The number of aromatic nitrogens is 2. The number of pyridine rings is 2. The van der Waals surface area contributed by atoms with Gasteiger partial charge in [-0.3, -0.25) is 9.78 Å². The molecule has 0 aliphatic carbocycles. The Morgan fingerprint density at radius 3 is 2.44 bits per heavy atom. The highest BCUT2D eigenvalue weighted by atomic mass is 16.2. The van der Waals surface area contributed by atoms with Crippen LogP contribution in [-0.4, -0.2) is 40.9 Å². The molecule has 0 saturated carbocycles. The zero-order valence-electron chi connectivity index (χ0n) is 15.7. The topological polar surface area (TPSA) is 49.3 Å². The number of rotatable bonds is 7. The van der Waals surface area contributed by atoms with Crippen molar-refractivity contribution in [2.24, 2.45) is 0 Å². The van der Waals surface area contributed by atoms with E-state index in [-0.39, 0.29) is 5.91 Å². The third-order valence-electron chi connectivity index (χ3n) is 4.49. The lowest BCUT2D eigenvalue weighted by molar-refractivity contribution is 0.0796. The second-order valence-electron chi connectivity index (χ2n) is 6.31. The van der Waals surface area contributed by atoms with Gasteiger partial charge < -0.3 is 9.80 Å². The van der Waals surface area contributed by atoms with Crippen molar-refractivity contribution in [3.63, 3.8) is 0 Å². The first-order valence-electron chi connectivity index (χ1n) is 9.12. The summed E-state index contributed by atoms with van der Waals surface area (Å²) in [5.74, 6) is 0.772. The van der Waals surface area contributed by atoms with Crippen LogP contribution in [0.15, 0.2) is 73.2 Å². The monoisotopic (exact) mass is 360 g/mol. The van der Waals surface area contributed by atoms with Crippen LogP contribution in [0.1, 0.15) is 22.8 Å². The average molecular weight is 360 g/mol. The van der Waals surface area contributed by atoms with Gasteiger partial charge in [0.2, 0.25) is 0 Å². The first-order valence-corrected chi connectivity index (χ1v) is 9.12. The Bertz CT molecular complexity index is 868. The maximum Gasteiger partial charge on any atom is 0.253 e. The maximum absolute atomic E-state index is 12.8. The number of hydrogen-bond donors (Lipinski definition) is 0. The van der Waals surface area contributed by atoms with Crippen LogP contribution >= 0.6 is 0 Å². The molecule has 0 radical (unpaired) electrons. The number of anilines is 2. The molecule has 1 aromatic carbocycles. The van der Waals surface area contributed by atoms with Crippen LogP contribution in [0.2, 0.25) is 0 Å². The Hall–Kier alpha value is -3.21. The second-order valence-corrected chi connectivity index (χ2v) is 6.31. The number of benzene rings is 1. The number of nitrogens with zero attached hydrogens (tertiary/aromatic N) is 4. The lowest BCUT2D eigenvalue weighted by Gasteiger charge is -2.23. The van der Waals surface area contributed by atoms with Crippen molar-refractivity contribution >= 4 is 17.4 Å². The predicted molar refractivity (Wildman–Crippen MR) is 108 cm³/mol. The number of amides is 1. The number of likely N-dealkylation sites (N-methyl/N-ethyl adjacent to an activating group) is 1. The summed E-state index contributed by atoms with van der Waals surface area (Å²) in [5, 5.41) is 0. The van der Waals surface area contributed by atoms with Crippen LogP contribution in [0.5, 0.6) is 0 Å². The molecule has 0 N–H and O–H groups in total. The maximum atomic E-state index is 12.8. The standard InChI is InChI=1S/C22H24N4O/c1-3-26(20-7-5-4-6-8-20)21-17-19(11-15-24-21)22(27)25(2)16-12-18-9-13-23-14-10-18/h4-11,13-15,17H,3,12,16H2,1-2H3. The summed E-state index contributed by atoms with van der Waals surface area (Å²) in [4.78, 5) is 25.2. The fourth-order valence-electron chi connectivity index (χ4n) is 2.95. The first-order chi connectivity index (χ1) is 13.2. The molecule has 0 atom stereocenters. The highest BCUT2D eigenvalue weighted by molar-refractivity contribution is 5.94. The molecule has 5 nitrogen and oxygen atoms in total. The molecule has 5 heteroatoms. The highest BCUT2D eigenvalue weighted by Crippen LogP contribution is 2.23. The summed E-state index contributed by atoms with van der Waals surface area (Å²) in [7, 11) is 1.83. The Labute approximate surface area is 160 Å². The fraction of sp³-hybridized carbons (Fsp3) is 0.227. The van der Waals surface area contributed by atoms with E-state index in [1.807, 2.05) is 55.6 Å². The van der Waals surface area contributed by atoms with Gasteiger partial charge in [-0.05, 0) is 55.3 Å². The summed E-state index contributed by atoms with van der Waals surface area (Å²) in [6, 6.07) is 17.7. The summed E-state index contributed by atoms with van der Waals surface area (Å²) in [6.45, 7) is 3.49. The molecule has 27 heavy (non-hydrogen) atoms. The lowest BCUT2D eigenvalue weighted by Crippen LogP contribution is -2.29. The van der Waals surface area contributed by atoms with E-state index in [0.29, 0.717) is 12.1 Å². The Balaban J connectivity index is 1.73. The van der Waals surface area contributed by atoms with Gasteiger partial charge in [0, 0.05) is 50.0 Å². The fourth-order valence-corrected chi connectivity index (χ4v) is 2.95. The van der Waals surface area contributed by atoms with Crippen molar-refractivity contribution in [1.82, 2.24) is 14.9 Å². The van der Waals surface area contributed by atoms with Crippen molar-refractivity contribution < 1.29 is 4.79 Å². The van der Waals surface area contributed by atoms with Gasteiger partial charge in [-0.2, -0.15) is 0 Å². The van der Waals surface area contributed by atoms with Crippen molar-refractivity contribution in [3.05, 3.63) is 84.3 Å².